The number of anilines is 1. The van der Waals surface area contributed by atoms with Crippen molar-refractivity contribution in [2.24, 2.45) is 5.92 Å². The van der Waals surface area contributed by atoms with Gasteiger partial charge in [0.25, 0.3) is 0 Å². The molecule has 0 aliphatic carbocycles. The van der Waals surface area contributed by atoms with Crippen molar-refractivity contribution in [3.05, 3.63) is 27.3 Å². The molecule has 1 aromatic rings. The van der Waals surface area contributed by atoms with Crippen LogP contribution in [0.15, 0.2) is 18.2 Å². The van der Waals surface area contributed by atoms with Gasteiger partial charge in [-0.05, 0) is 46.2 Å². The zero-order valence-corrected chi connectivity index (χ0v) is 15.9. The van der Waals surface area contributed by atoms with Gasteiger partial charge in [-0.15, -0.1) is 0 Å². The van der Waals surface area contributed by atoms with Crippen molar-refractivity contribution in [1.82, 2.24) is 10.6 Å². The van der Waals surface area contributed by atoms with E-state index in [4.69, 9.17) is 10.2 Å². The van der Waals surface area contributed by atoms with E-state index in [1.165, 1.54) is 0 Å². The number of nitrogens with one attached hydrogen (secondary N) is 3. The minimum Gasteiger partial charge on any atom is -0.465 e. The Labute approximate surface area is 159 Å². The Kier molecular flexibility index (Phi) is 9.39. The van der Waals surface area contributed by atoms with Crippen molar-refractivity contribution in [3.63, 3.8) is 0 Å². The van der Waals surface area contributed by atoms with Gasteiger partial charge in [0.1, 0.15) is 12.6 Å². The first-order valence-electron chi connectivity index (χ1n) is 7.67. The van der Waals surface area contributed by atoms with Crippen molar-refractivity contribution < 1.29 is 24.6 Å². The summed E-state index contributed by atoms with van der Waals surface area (Å²) < 4.78 is 0.919. The smallest absolute Gasteiger partial charge is 0.405 e. The molecule has 1 unspecified atom stereocenters. The molecular formula is C16H22IN3O5. The fraction of sp³-hybridized carbons (Fsp3) is 0.438. The summed E-state index contributed by atoms with van der Waals surface area (Å²) in [6.07, 6.45) is 0.0329. The zero-order chi connectivity index (χ0) is 18.8. The number of rotatable bonds is 11. The van der Waals surface area contributed by atoms with Gasteiger partial charge in [-0.25, -0.2) is 4.79 Å². The number of benzene rings is 1. The minimum atomic E-state index is -1.27. The van der Waals surface area contributed by atoms with E-state index in [0.717, 1.165) is 21.1 Å². The molecule has 0 fully saturated rings. The van der Waals surface area contributed by atoms with Crippen LogP contribution in [0.4, 0.5) is 10.5 Å². The van der Waals surface area contributed by atoms with Crippen LogP contribution in [0.2, 0.25) is 0 Å². The Morgan fingerprint density at radius 2 is 2.00 bits per heavy atom. The first-order chi connectivity index (χ1) is 11.9. The second kappa shape index (κ2) is 11.0. The number of aldehydes is 2. The average Bonchev–Trinajstić information content (AvgIpc) is 2.59. The molecule has 1 aromatic carbocycles. The lowest BCUT2D eigenvalue weighted by Gasteiger charge is -2.21. The number of carboxylic acid groups (broad SMARTS) is 1. The van der Waals surface area contributed by atoms with Gasteiger partial charge in [0, 0.05) is 22.3 Å². The molecule has 9 heteroatoms. The number of carbonyl (C=O) groups is 3. The van der Waals surface area contributed by atoms with E-state index < -0.39 is 18.2 Å². The molecule has 8 nitrogen and oxygen atoms in total. The molecule has 25 heavy (non-hydrogen) atoms. The zero-order valence-electron chi connectivity index (χ0n) is 13.7. The Balaban J connectivity index is 2.51. The number of carbonyl (C=O) groups excluding carboxylic acids is 2. The van der Waals surface area contributed by atoms with E-state index in [1.807, 2.05) is 18.2 Å². The number of hydrogen-bond acceptors (Lipinski definition) is 6. The average molecular weight is 463 g/mol. The SMILES string of the molecule is C[C@@H](CN[C@H](C=O)CNc1ccc(CO)c(I)c1)C(C=O)NC(=O)O. The first kappa shape index (κ1) is 21.3. The Bertz CT molecular complexity index is 599. The molecular weight excluding hydrogens is 441 g/mol. The molecule has 0 bridgehead atoms. The molecule has 0 aliphatic heterocycles. The highest BCUT2D eigenvalue weighted by Crippen LogP contribution is 2.17. The van der Waals surface area contributed by atoms with Crippen LogP contribution < -0.4 is 16.0 Å². The first-order valence-corrected chi connectivity index (χ1v) is 8.75. The van der Waals surface area contributed by atoms with Gasteiger partial charge in [-0.2, -0.15) is 0 Å². The standard InChI is InChI=1S/C16H22IN3O5/c1-10(15(9-23)20-16(24)25)5-18-13(8-22)6-19-12-3-2-11(7-21)14(17)4-12/h2-4,8-10,13,15,18-21H,5-7H2,1H3,(H,24,25)/t10-,13-,15?/m0/s1. The van der Waals surface area contributed by atoms with E-state index in [2.05, 4.69) is 38.5 Å². The highest BCUT2D eigenvalue weighted by Gasteiger charge is 2.19. The summed E-state index contributed by atoms with van der Waals surface area (Å²) in [4.78, 5) is 32.8. The van der Waals surface area contributed by atoms with Gasteiger partial charge in [-0.3, -0.25) is 0 Å². The van der Waals surface area contributed by atoms with Crippen LogP contribution in [0.5, 0.6) is 0 Å². The number of amides is 1. The molecule has 1 rings (SSSR count). The lowest BCUT2D eigenvalue weighted by molar-refractivity contribution is -0.110. The van der Waals surface area contributed by atoms with E-state index in [0.29, 0.717) is 19.4 Å². The topological polar surface area (TPSA) is 128 Å². The molecule has 0 heterocycles. The molecule has 3 atom stereocenters. The van der Waals surface area contributed by atoms with E-state index >= 15 is 0 Å². The summed E-state index contributed by atoms with van der Waals surface area (Å²) in [6.45, 7) is 2.32. The van der Waals surface area contributed by atoms with Crippen LogP contribution >= 0.6 is 22.6 Å². The molecule has 5 N–H and O–H groups in total. The largest absolute Gasteiger partial charge is 0.465 e. The van der Waals surface area contributed by atoms with E-state index in [9.17, 15) is 14.4 Å². The maximum Gasteiger partial charge on any atom is 0.405 e. The Morgan fingerprint density at radius 1 is 1.28 bits per heavy atom. The predicted octanol–water partition coefficient (Wildman–Crippen LogP) is 0.824. The lowest BCUT2D eigenvalue weighted by atomic mass is 10.0. The second-order valence-corrected chi connectivity index (χ2v) is 6.75. The van der Waals surface area contributed by atoms with Crippen molar-refractivity contribution in [3.8, 4) is 0 Å². The molecule has 138 valence electrons. The maximum atomic E-state index is 11.2. The summed E-state index contributed by atoms with van der Waals surface area (Å²) in [5.41, 5.74) is 1.65. The molecule has 0 saturated heterocycles. The summed E-state index contributed by atoms with van der Waals surface area (Å²) >= 11 is 2.13. The molecule has 0 aromatic heterocycles. The fourth-order valence-electron chi connectivity index (χ4n) is 2.10. The lowest BCUT2D eigenvalue weighted by Crippen LogP contribution is -2.46. The van der Waals surface area contributed by atoms with Gasteiger partial charge in [-0.1, -0.05) is 13.0 Å². The van der Waals surface area contributed by atoms with E-state index in [1.54, 1.807) is 6.92 Å². The van der Waals surface area contributed by atoms with Crippen molar-refractivity contribution in [2.45, 2.75) is 25.6 Å². The van der Waals surface area contributed by atoms with Gasteiger partial charge in [0.15, 0.2) is 0 Å². The third kappa shape index (κ3) is 7.36. The van der Waals surface area contributed by atoms with Gasteiger partial charge >= 0.3 is 6.09 Å². The number of halogens is 1. The molecule has 0 saturated carbocycles. The van der Waals surface area contributed by atoms with Crippen LogP contribution in [0, 0.1) is 9.49 Å². The molecule has 1 amide bonds. The van der Waals surface area contributed by atoms with Gasteiger partial charge < -0.3 is 35.8 Å². The Hall–Kier alpha value is -1.72. The van der Waals surface area contributed by atoms with Crippen molar-refractivity contribution in [1.29, 1.82) is 0 Å². The molecule has 0 spiro atoms. The monoisotopic (exact) mass is 463 g/mol. The maximum absolute atomic E-state index is 11.2. The second-order valence-electron chi connectivity index (χ2n) is 5.58. The van der Waals surface area contributed by atoms with Crippen LogP contribution in [-0.2, 0) is 16.2 Å². The third-order valence-corrected chi connectivity index (χ3v) is 4.67. The van der Waals surface area contributed by atoms with Crippen LogP contribution in [-0.4, -0.2) is 54.1 Å². The summed E-state index contributed by atoms with van der Waals surface area (Å²) in [5.74, 6) is -0.305. The predicted molar refractivity (Wildman–Crippen MR) is 102 cm³/mol. The quantitative estimate of drug-likeness (QED) is 0.243. The summed E-state index contributed by atoms with van der Waals surface area (Å²) in [6, 6.07) is 4.17. The van der Waals surface area contributed by atoms with E-state index in [-0.39, 0.29) is 12.5 Å². The van der Waals surface area contributed by atoms with Crippen molar-refractivity contribution in [2.75, 3.05) is 18.4 Å². The van der Waals surface area contributed by atoms with Crippen LogP contribution in [0.25, 0.3) is 0 Å². The third-order valence-electron chi connectivity index (χ3n) is 3.67. The summed E-state index contributed by atoms with van der Waals surface area (Å²) in [7, 11) is 0. The van der Waals surface area contributed by atoms with Gasteiger partial charge in [0.05, 0.1) is 18.7 Å². The molecule has 0 aliphatic rings. The van der Waals surface area contributed by atoms with Crippen molar-refractivity contribution >= 4 is 46.9 Å². The van der Waals surface area contributed by atoms with Crippen LogP contribution in [0.3, 0.4) is 0 Å². The Morgan fingerprint density at radius 3 is 2.52 bits per heavy atom. The normalized spacial score (nSPS) is 14.2. The van der Waals surface area contributed by atoms with Crippen LogP contribution in [0.1, 0.15) is 12.5 Å². The number of aliphatic hydroxyl groups is 1. The van der Waals surface area contributed by atoms with Gasteiger partial charge in [0.2, 0.25) is 0 Å². The fourth-order valence-corrected chi connectivity index (χ4v) is 2.78. The molecule has 0 radical (unpaired) electrons. The highest BCUT2D eigenvalue weighted by atomic mass is 127. The number of hydrogen-bond donors (Lipinski definition) is 5. The number of aliphatic hydroxyl groups excluding tert-OH is 1. The highest BCUT2D eigenvalue weighted by molar-refractivity contribution is 14.1. The minimum absolute atomic E-state index is 0.0305. The summed E-state index contributed by atoms with van der Waals surface area (Å²) in [5, 5.41) is 26.1.